The van der Waals surface area contributed by atoms with Gasteiger partial charge in [-0.15, -0.1) is 11.6 Å². The molecule has 1 aliphatic rings. The van der Waals surface area contributed by atoms with Crippen LogP contribution < -0.4 is 0 Å². The van der Waals surface area contributed by atoms with Crippen LogP contribution in [0.2, 0.25) is 0 Å². The molecule has 2 rings (SSSR count). The van der Waals surface area contributed by atoms with Crippen LogP contribution in [0.25, 0.3) is 0 Å². The second kappa shape index (κ2) is 5.82. The summed E-state index contributed by atoms with van der Waals surface area (Å²) in [6, 6.07) is 1.91. The lowest BCUT2D eigenvalue weighted by molar-refractivity contribution is 0.195. The van der Waals surface area contributed by atoms with E-state index in [0.29, 0.717) is 25.9 Å². The number of sulfonamides is 1. The van der Waals surface area contributed by atoms with Crippen molar-refractivity contribution in [1.29, 1.82) is 0 Å². The van der Waals surface area contributed by atoms with Crippen LogP contribution in [0.4, 0.5) is 8.78 Å². The molecule has 1 aliphatic heterocycles. The van der Waals surface area contributed by atoms with E-state index in [9.17, 15) is 17.2 Å². The predicted molar refractivity (Wildman–Crippen MR) is 77.7 cm³/mol. The topological polar surface area (TPSA) is 37.4 Å². The second-order valence-electron chi connectivity index (χ2n) is 6.04. The van der Waals surface area contributed by atoms with E-state index in [1.54, 1.807) is 0 Å². The molecular formula is C14H18ClF2NO2S. The van der Waals surface area contributed by atoms with Crippen molar-refractivity contribution in [3.05, 3.63) is 29.3 Å². The monoisotopic (exact) mass is 337 g/mol. The summed E-state index contributed by atoms with van der Waals surface area (Å²) in [4.78, 5) is -0.501. The van der Waals surface area contributed by atoms with Gasteiger partial charge in [-0.1, -0.05) is 13.8 Å². The standard InChI is InChI=1S/C14H18ClF2NO2S/c1-14(2)5-7-18(8-6-14)21(19,20)12-4-3-11(16)10(9-15)13(12)17/h3-4H,5-9H2,1-2H3. The Balaban J connectivity index is 2.37. The van der Waals surface area contributed by atoms with Crippen LogP contribution in [-0.2, 0) is 15.9 Å². The Bertz CT molecular complexity index is 637. The van der Waals surface area contributed by atoms with Crippen molar-refractivity contribution >= 4 is 21.6 Å². The maximum Gasteiger partial charge on any atom is 0.245 e. The minimum absolute atomic E-state index is 0.0780. The zero-order chi connectivity index (χ0) is 15.8. The van der Waals surface area contributed by atoms with Gasteiger partial charge in [0.15, 0.2) is 5.82 Å². The fourth-order valence-corrected chi connectivity index (χ4v) is 4.14. The molecule has 0 aromatic heterocycles. The van der Waals surface area contributed by atoms with Crippen molar-refractivity contribution in [2.45, 2.75) is 37.5 Å². The molecule has 0 radical (unpaired) electrons. The van der Waals surface area contributed by atoms with Crippen molar-refractivity contribution in [1.82, 2.24) is 4.31 Å². The van der Waals surface area contributed by atoms with Crippen LogP contribution in [0.1, 0.15) is 32.3 Å². The van der Waals surface area contributed by atoms with Gasteiger partial charge in [-0.05, 0) is 30.4 Å². The Morgan fingerprint density at radius 1 is 1.24 bits per heavy atom. The number of benzene rings is 1. The molecule has 7 heteroatoms. The van der Waals surface area contributed by atoms with E-state index in [1.807, 2.05) is 0 Å². The Kier molecular flexibility index (Phi) is 4.61. The summed E-state index contributed by atoms with van der Waals surface area (Å²) in [7, 11) is -3.96. The van der Waals surface area contributed by atoms with Gasteiger partial charge >= 0.3 is 0 Å². The smallest absolute Gasteiger partial charge is 0.207 e. The van der Waals surface area contributed by atoms with Crippen LogP contribution in [-0.4, -0.2) is 25.8 Å². The van der Waals surface area contributed by atoms with Gasteiger partial charge in [0.05, 0.1) is 5.88 Å². The molecule has 1 fully saturated rings. The minimum atomic E-state index is -3.96. The molecule has 0 unspecified atom stereocenters. The van der Waals surface area contributed by atoms with Gasteiger partial charge in [0.2, 0.25) is 10.0 Å². The average Bonchev–Trinajstić information content (AvgIpc) is 2.38. The molecule has 1 saturated heterocycles. The molecule has 118 valence electrons. The molecular weight excluding hydrogens is 320 g/mol. The highest BCUT2D eigenvalue weighted by Gasteiger charge is 2.34. The van der Waals surface area contributed by atoms with E-state index >= 15 is 0 Å². The lowest BCUT2D eigenvalue weighted by Crippen LogP contribution is -2.41. The molecule has 1 aromatic rings. The zero-order valence-electron chi connectivity index (χ0n) is 12.0. The third-order valence-corrected chi connectivity index (χ3v) is 6.16. The van der Waals surface area contributed by atoms with Crippen molar-refractivity contribution in [2.24, 2.45) is 5.41 Å². The van der Waals surface area contributed by atoms with E-state index in [0.717, 1.165) is 12.1 Å². The zero-order valence-corrected chi connectivity index (χ0v) is 13.6. The van der Waals surface area contributed by atoms with Gasteiger partial charge in [0.1, 0.15) is 10.7 Å². The summed E-state index contributed by atoms with van der Waals surface area (Å²) in [6.45, 7) is 4.81. The van der Waals surface area contributed by atoms with Crippen molar-refractivity contribution in [2.75, 3.05) is 13.1 Å². The fourth-order valence-electron chi connectivity index (χ4n) is 2.37. The summed E-state index contributed by atoms with van der Waals surface area (Å²) in [5, 5.41) is 0. The Morgan fingerprint density at radius 3 is 2.33 bits per heavy atom. The fraction of sp³-hybridized carbons (Fsp3) is 0.571. The van der Waals surface area contributed by atoms with Gasteiger partial charge in [0, 0.05) is 18.7 Å². The molecule has 0 amide bonds. The van der Waals surface area contributed by atoms with Gasteiger partial charge in [-0.25, -0.2) is 17.2 Å². The van der Waals surface area contributed by atoms with E-state index < -0.39 is 38.0 Å². The van der Waals surface area contributed by atoms with Gasteiger partial charge in [0.25, 0.3) is 0 Å². The lowest BCUT2D eigenvalue weighted by Gasteiger charge is -2.36. The molecule has 1 heterocycles. The maximum atomic E-state index is 14.2. The number of hydrogen-bond acceptors (Lipinski definition) is 2. The van der Waals surface area contributed by atoms with E-state index in [4.69, 9.17) is 11.6 Å². The average molecular weight is 338 g/mol. The predicted octanol–water partition coefficient (Wildman–Crippen LogP) is 3.51. The van der Waals surface area contributed by atoms with Crippen LogP contribution in [0.3, 0.4) is 0 Å². The second-order valence-corrected chi connectivity index (χ2v) is 8.21. The van der Waals surface area contributed by atoms with E-state index in [2.05, 4.69) is 13.8 Å². The number of alkyl halides is 1. The highest BCUT2D eigenvalue weighted by molar-refractivity contribution is 7.89. The van der Waals surface area contributed by atoms with Crippen LogP contribution >= 0.6 is 11.6 Å². The summed E-state index contributed by atoms with van der Waals surface area (Å²) >= 11 is 5.49. The number of rotatable bonds is 3. The number of halogens is 3. The minimum Gasteiger partial charge on any atom is -0.207 e. The first kappa shape index (κ1) is 16.6. The Labute approximate surface area is 129 Å². The molecule has 21 heavy (non-hydrogen) atoms. The first-order chi connectivity index (χ1) is 9.69. The largest absolute Gasteiger partial charge is 0.245 e. The molecule has 3 nitrogen and oxygen atoms in total. The quantitative estimate of drug-likeness (QED) is 0.791. The van der Waals surface area contributed by atoms with E-state index in [1.165, 1.54) is 4.31 Å². The number of hydrogen-bond donors (Lipinski definition) is 0. The van der Waals surface area contributed by atoms with Crippen LogP contribution in [0.15, 0.2) is 17.0 Å². The first-order valence-corrected chi connectivity index (χ1v) is 8.69. The van der Waals surface area contributed by atoms with Crippen molar-refractivity contribution in [3.8, 4) is 0 Å². The molecule has 0 spiro atoms. The van der Waals surface area contributed by atoms with Crippen molar-refractivity contribution in [3.63, 3.8) is 0 Å². The van der Waals surface area contributed by atoms with Crippen LogP contribution in [0, 0.1) is 17.0 Å². The van der Waals surface area contributed by atoms with Crippen molar-refractivity contribution < 1.29 is 17.2 Å². The molecule has 0 saturated carbocycles. The summed E-state index contributed by atoms with van der Waals surface area (Å²) < 4.78 is 53.9. The SMILES string of the molecule is CC1(C)CCN(S(=O)(=O)c2ccc(F)c(CCl)c2F)CC1. The highest BCUT2D eigenvalue weighted by Crippen LogP contribution is 2.33. The normalized spacial score (nSPS) is 19.7. The first-order valence-electron chi connectivity index (χ1n) is 6.72. The number of nitrogens with zero attached hydrogens (tertiary/aromatic N) is 1. The summed E-state index contributed by atoms with van der Waals surface area (Å²) in [5.74, 6) is -2.33. The molecule has 0 bridgehead atoms. The molecule has 0 atom stereocenters. The highest BCUT2D eigenvalue weighted by atomic mass is 35.5. The van der Waals surface area contributed by atoms with E-state index in [-0.39, 0.29) is 5.41 Å². The lowest BCUT2D eigenvalue weighted by atomic mass is 9.83. The van der Waals surface area contributed by atoms with Gasteiger partial charge in [-0.2, -0.15) is 4.31 Å². The molecule has 0 N–H and O–H groups in total. The van der Waals surface area contributed by atoms with Gasteiger partial charge in [-0.3, -0.25) is 0 Å². The Hall–Kier alpha value is -0.720. The molecule has 1 aromatic carbocycles. The number of piperidine rings is 1. The Morgan fingerprint density at radius 2 is 1.81 bits per heavy atom. The maximum absolute atomic E-state index is 14.2. The summed E-state index contributed by atoms with van der Waals surface area (Å²) in [6.07, 6.45) is 1.41. The third kappa shape index (κ3) is 3.22. The van der Waals surface area contributed by atoms with Crippen LogP contribution in [0.5, 0.6) is 0 Å². The summed E-state index contributed by atoms with van der Waals surface area (Å²) in [5.41, 5.74) is -0.329. The van der Waals surface area contributed by atoms with Gasteiger partial charge < -0.3 is 0 Å². The molecule has 0 aliphatic carbocycles. The third-order valence-electron chi connectivity index (χ3n) is 3.98.